The molecule has 0 bridgehead atoms. The number of benzene rings is 3. The number of fused-ring (bicyclic) bond motifs is 1. The van der Waals surface area contributed by atoms with Gasteiger partial charge in [0.1, 0.15) is 9.96 Å². The molecule has 1 N–H and O–H groups in total. The molecule has 4 rings (SSSR count). The van der Waals surface area contributed by atoms with Gasteiger partial charge in [-0.2, -0.15) is 0 Å². The second kappa shape index (κ2) is 8.45. The molecular formula is C21H15BrClNO3S2. The molecule has 3 aromatic carbocycles. The molecular weight excluding hydrogens is 494 g/mol. The number of sulfonamides is 1. The van der Waals surface area contributed by atoms with Gasteiger partial charge in [-0.1, -0.05) is 87.4 Å². The highest BCUT2D eigenvalue weighted by Crippen LogP contribution is 2.40. The van der Waals surface area contributed by atoms with Crippen molar-refractivity contribution in [2.75, 3.05) is 0 Å². The van der Waals surface area contributed by atoms with E-state index in [4.69, 9.17) is 16.3 Å². The first-order chi connectivity index (χ1) is 13.9. The highest BCUT2D eigenvalue weighted by molar-refractivity contribution is 9.10. The molecule has 1 aromatic heterocycles. The molecule has 0 radical (unpaired) electrons. The summed E-state index contributed by atoms with van der Waals surface area (Å²) in [6, 6.07) is 22.3. The summed E-state index contributed by atoms with van der Waals surface area (Å²) in [5.41, 5.74) is 0.903. The van der Waals surface area contributed by atoms with Crippen LogP contribution in [-0.2, 0) is 16.6 Å². The number of halogens is 2. The smallest absolute Gasteiger partial charge is 0.250 e. The summed E-state index contributed by atoms with van der Waals surface area (Å²) < 4.78 is 34.9. The largest absolute Gasteiger partial charge is 0.445 e. The van der Waals surface area contributed by atoms with Crippen molar-refractivity contribution in [1.82, 2.24) is 4.72 Å². The molecule has 148 valence electrons. The summed E-state index contributed by atoms with van der Waals surface area (Å²) in [4.78, 5) is 0. The average Bonchev–Trinajstić information content (AvgIpc) is 3.08. The zero-order chi connectivity index (χ0) is 20.4. The van der Waals surface area contributed by atoms with Crippen LogP contribution in [0.3, 0.4) is 0 Å². The van der Waals surface area contributed by atoms with Crippen LogP contribution in [0.25, 0.3) is 10.8 Å². The third kappa shape index (κ3) is 4.65. The Morgan fingerprint density at radius 2 is 1.76 bits per heavy atom. The molecule has 0 aliphatic heterocycles. The second-order valence-corrected chi connectivity index (χ2v) is 10.6. The average molecular weight is 509 g/mol. The van der Waals surface area contributed by atoms with E-state index in [0.29, 0.717) is 10.8 Å². The lowest BCUT2D eigenvalue weighted by Crippen LogP contribution is -2.22. The van der Waals surface area contributed by atoms with Gasteiger partial charge in [0.15, 0.2) is 0 Å². The Kier molecular flexibility index (Phi) is 5.94. The van der Waals surface area contributed by atoms with Gasteiger partial charge < -0.3 is 4.74 Å². The minimum Gasteiger partial charge on any atom is -0.445 e. The molecule has 0 fully saturated rings. The zero-order valence-corrected chi connectivity index (χ0v) is 18.9. The summed E-state index contributed by atoms with van der Waals surface area (Å²) in [5.74, 6) is 0.566. The van der Waals surface area contributed by atoms with Gasteiger partial charge in [0.25, 0.3) is 10.0 Å². The molecule has 0 unspecified atom stereocenters. The van der Waals surface area contributed by atoms with Crippen molar-refractivity contribution in [3.8, 4) is 10.8 Å². The van der Waals surface area contributed by atoms with Crippen molar-refractivity contribution in [2.24, 2.45) is 0 Å². The Bertz CT molecular complexity index is 1280. The third-order valence-electron chi connectivity index (χ3n) is 4.24. The van der Waals surface area contributed by atoms with Crippen molar-refractivity contribution in [3.63, 3.8) is 0 Å². The van der Waals surface area contributed by atoms with Crippen LogP contribution in [-0.4, -0.2) is 8.42 Å². The van der Waals surface area contributed by atoms with Crippen molar-refractivity contribution in [2.45, 2.75) is 10.8 Å². The standard InChI is InChI=1S/C21H15BrClNO3S2/c22-16-8-4-9-17(11-16)27-21-19(23)12-20(28-21)29(25,26)24-13-15-7-3-6-14-5-1-2-10-18(14)15/h1-12,24H,13H2. The molecule has 0 spiro atoms. The lowest BCUT2D eigenvalue weighted by molar-refractivity contribution is 0.496. The van der Waals surface area contributed by atoms with Crippen LogP contribution in [0.5, 0.6) is 10.8 Å². The van der Waals surface area contributed by atoms with Crippen LogP contribution in [0.4, 0.5) is 0 Å². The first-order valence-electron chi connectivity index (χ1n) is 8.61. The van der Waals surface area contributed by atoms with Gasteiger partial charge in [-0.05, 0) is 40.6 Å². The Labute approximate surface area is 186 Å². The molecule has 0 amide bonds. The highest BCUT2D eigenvalue weighted by atomic mass is 79.9. The molecule has 4 aromatic rings. The molecule has 1 heterocycles. The maximum absolute atomic E-state index is 12.8. The highest BCUT2D eigenvalue weighted by Gasteiger charge is 2.21. The Morgan fingerprint density at radius 1 is 1.00 bits per heavy atom. The summed E-state index contributed by atoms with van der Waals surface area (Å²) in [6.45, 7) is 0.182. The van der Waals surface area contributed by atoms with Crippen LogP contribution in [0.1, 0.15) is 5.56 Å². The maximum Gasteiger partial charge on any atom is 0.250 e. The first kappa shape index (κ1) is 20.4. The van der Waals surface area contributed by atoms with Crippen LogP contribution in [0.2, 0.25) is 5.02 Å². The molecule has 0 saturated carbocycles. The van der Waals surface area contributed by atoms with Gasteiger partial charge in [0, 0.05) is 11.0 Å². The number of hydrogen-bond acceptors (Lipinski definition) is 4. The van der Waals surface area contributed by atoms with Gasteiger partial charge in [-0.15, -0.1) is 0 Å². The van der Waals surface area contributed by atoms with Crippen molar-refractivity contribution < 1.29 is 13.2 Å². The van der Waals surface area contributed by atoms with Gasteiger partial charge >= 0.3 is 0 Å². The molecule has 0 atom stereocenters. The third-order valence-corrected chi connectivity index (χ3v) is 8.01. The number of hydrogen-bond donors (Lipinski definition) is 1. The predicted octanol–water partition coefficient (Wildman–Crippen LogP) is 6.59. The Balaban J connectivity index is 1.54. The van der Waals surface area contributed by atoms with Crippen LogP contribution >= 0.6 is 38.9 Å². The number of ether oxygens (including phenoxy) is 1. The van der Waals surface area contributed by atoms with Crippen LogP contribution in [0.15, 0.2) is 81.5 Å². The van der Waals surface area contributed by atoms with Crippen molar-refractivity contribution in [3.05, 3.63) is 87.9 Å². The Hall–Kier alpha value is -1.90. The fourth-order valence-corrected chi connectivity index (χ4v) is 5.89. The predicted molar refractivity (Wildman–Crippen MR) is 122 cm³/mol. The Morgan fingerprint density at radius 3 is 2.59 bits per heavy atom. The van der Waals surface area contributed by atoms with Crippen molar-refractivity contribution >= 4 is 59.7 Å². The number of thiophene rings is 1. The SMILES string of the molecule is O=S(=O)(NCc1cccc2ccccc12)c1cc(Cl)c(Oc2cccc(Br)c2)s1. The topological polar surface area (TPSA) is 55.4 Å². The molecule has 0 saturated heterocycles. The minimum atomic E-state index is -3.73. The fourth-order valence-electron chi connectivity index (χ4n) is 2.86. The van der Waals surface area contributed by atoms with E-state index in [9.17, 15) is 8.42 Å². The van der Waals surface area contributed by atoms with Crippen LogP contribution in [0, 0.1) is 0 Å². The summed E-state index contributed by atoms with van der Waals surface area (Å²) in [6.07, 6.45) is 0. The fraction of sp³-hybridized carbons (Fsp3) is 0.0476. The number of rotatable bonds is 6. The monoisotopic (exact) mass is 507 g/mol. The van der Waals surface area contributed by atoms with Gasteiger partial charge in [-0.25, -0.2) is 13.1 Å². The van der Waals surface area contributed by atoms with Crippen molar-refractivity contribution in [1.29, 1.82) is 0 Å². The van der Waals surface area contributed by atoms with E-state index < -0.39 is 10.0 Å². The molecule has 0 aliphatic rings. The quantitative estimate of drug-likeness (QED) is 0.320. The van der Waals surface area contributed by atoms with E-state index in [-0.39, 0.29) is 15.8 Å². The van der Waals surface area contributed by atoms with Gasteiger partial charge in [-0.3, -0.25) is 0 Å². The van der Waals surface area contributed by atoms with Gasteiger partial charge in [0.05, 0.1) is 5.02 Å². The van der Waals surface area contributed by atoms with E-state index >= 15 is 0 Å². The van der Waals surface area contributed by atoms with E-state index in [1.807, 2.05) is 54.6 Å². The van der Waals surface area contributed by atoms with E-state index in [2.05, 4.69) is 20.7 Å². The molecule has 0 aliphatic carbocycles. The van der Waals surface area contributed by atoms with Gasteiger partial charge in [0.2, 0.25) is 5.06 Å². The normalized spacial score (nSPS) is 11.7. The molecule has 29 heavy (non-hydrogen) atoms. The first-order valence-corrected chi connectivity index (χ1v) is 12.1. The van der Waals surface area contributed by atoms with E-state index in [1.54, 1.807) is 12.1 Å². The summed E-state index contributed by atoms with van der Waals surface area (Å²) >= 11 is 10.6. The lowest BCUT2D eigenvalue weighted by Gasteiger charge is -2.08. The minimum absolute atomic E-state index is 0.104. The van der Waals surface area contributed by atoms with E-state index in [0.717, 1.165) is 32.1 Å². The maximum atomic E-state index is 12.8. The lowest BCUT2D eigenvalue weighted by atomic mass is 10.1. The van der Waals surface area contributed by atoms with Crippen LogP contribution < -0.4 is 9.46 Å². The summed E-state index contributed by atoms with van der Waals surface area (Å²) in [5, 5.41) is 2.66. The summed E-state index contributed by atoms with van der Waals surface area (Å²) in [7, 11) is -3.73. The van der Waals surface area contributed by atoms with E-state index in [1.165, 1.54) is 6.07 Å². The number of nitrogens with one attached hydrogen (secondary N) is 1. The molecule has 4 nitrogen and oxygen atoms in total. The second-order valence-electron chi connectivity index (χ2n) is 6.22. The molecule has 8 heteroatoms. The zero-order valence-electron chi connectivity index (χ0n) is 14.9.